The molecule has 0 bridgehead atoms. The van der Waals surface area contributed by atoms with Crippen molar-refractivity contribution >= 4 is 11.8 Å². The highest BCUT2D eigenvalue weighted by molar-refractivity contribution is 5.96. The molecule has 2 unspecified atom stereocenters. The van der Waals surface area contributed by atoms with Crippen molar-refractivity contribution in [3.05, 3.63) is 89.9 Å². The highest BCUT2D eigenvalue weighted by Gasteiger charge is 2.66. The minimum absolute atomic E-state index is 0.0373. The lowest BCUT2D eigenvalue weighted by molar-refractivity contribution is -0.126. The average Bonchev–Trinajstić information content (AvgIpc) is 3.32. The van der Waals surface area contributed by atoms with E-state index in [0.717, 1.165) is 24.8 Å². The number of ether oxygens (including phenoxy) is 1. The summed E-state index contributed by atoms with van der Waals surface area (Å²) >= 11 is 0. The van der Waals surface area contributed by atoms with Gasteiger partial charge in [0.15, 0.2) is 5.76 Å². The topological polar surface area (TPSA) is 84.7 Å². The van der Waals surface area contributed by atoms with E-state index in [9.17, 15) is 14.0 Å². The van der Waals surface area contributed by atoms with Crippen molar-refractivity contribution in [1.82, 2.24) is 15.2 Å². The Balaban J connectivity index is 1.40. The molecular weight excluding hydrogens is 461 g/mol. The van der Waals surface area contributed by atoms with Gasteiger partial charge in [-0.2, -0.15) is 0 Å². The lowest BCUT2D eigenvalue weighted by Gasteiger charge is -2.40. The predicted octanol–water partition coefficient (Wildman–Crippen LogP) is 4.31. The average molecular weight is 492 g/mol. The van der Waals surface area contributed by atoms with Gasteiger partial charge in [0, 0.05) is 37.2 Å². The van der Waals surface area contributed by atoms with E-state index in [2.05, 4.69) is 10.3 Å². The number of hydrogen-bond donors (Lipinski definition) is 1. The van der Waals surface area contributed by atoms with Gasteiger partial charge in [0.25, 0.3) is 5.91 Å². The molecule has 8 heteroatoms. The van der Waals surface area contributed by atoms with Crippen LogP contribution >= 0.6 is 0 Å². The summed E-state index contributed by atoms with van der Waals surface area (Å²) in [5.41, 5.74) is 1.38. The number of aromatic nitrogens is 1. The molecular formula is C28H30FN3O4. The fourth-order valence-electron chi connectivity index (χ4n) is 5.42. The van der Waals surface area contributed by atoms with Crippen molar-refractivity contribution in [1.29, 1.82) is 0 Å². The maximum atomic E-state index is 13.7. The molecule has 188 valence electrons. The number of nitrogens with zero attached hydrogens (tertiary/aromatic N) is 2. The molecule has 0 aliphatic heterocycles. The van der Waals surface area contributed by atoms with Crippen LogP contribution in [0.15, 0.2) is 71.6 Å². The van der Waals surface area contributed by atoms with Crippen LogP contribution in [-0.4, -0.2) is 47.0 Å². The summed E-state index contributed by atoms with van der Waals surface area (Å²) in [6, 6.07) is 12.2. The zero-order valence-electron chi connectivity index (χ0n) is 20.2. The van der Waals surface area contributed by atoms with E-state index >= 15 is 0 Å². The van der Waals surface area contributed by atoms with E-state index in [-0.39, 0.29) is 41.0 Å². The third-order valence-corrected chi connectivity index (χ3v) is 7.25. The Morgan fingerprint density at radius 2 is 2.08 bits per heavy atom. The van der Waals surface area contributed by atoms with Crippen LogP contribution in [0.1, 0.15) is 53.9 Å². The molecule has 2 heterocycles. The smallest absolute Gasteiger partial charge is 0.290 e. The molecule has 0 radical (unpaired) electrons. The van der Waals surface area contributed by atoms with E-state index < -0.39 is 6.04 Å². The summed E-state index contributed by atoms with van der Waals surface area (Å²) in [6.07, 6.45) is 7.94. The number of rotatable bonds is 10. The maximum absolute atomic E-state index is 13.7. The van der Waals surface area contributed by atoms with E-state index in [4.69, 9.17) is 9.15 Å². The van der Waals surface area contributed by atoms with E-state index in [1.54, 1.807) is 41.6 Å². The monoisotopic (exact) mass is 491 g/mol. The Labute approximate surface area is 209 Å². The maximum Gasteiger partial charge on any atom is 0.290 e. The van der Waals surface area contributed by atoms with Gasteiger partial charge < -0.3 is 19.4 Å². The quantitative estimate of drug-likeness (QED) is 0.457. The summed E-state index contributed by atoms with van der Waals surface area (Å²) in [7, 11) is 0. The zero-order valence-corrected chi connectivity index (χ0v) is 20.2. The van der Waals surface area contributed by atoms with E-state index in [0.29, 0.717) is 25.1 Å². The standard InChI is InChI=1S/C28H30FN3O4/c1-2-35-22-15-28(16-22)17-24(28)32(27(34)23-9-5-13-36-23)25(20-7-4-11-30-18-20)26(33)31-12-10-19-6-3-8-21(29)14-19/h3-9,11,13-14,18,22,24-25H,2,10,12,15-17H2,1H3,(H,31,33). The normalized spacial score (nSPS) is 23.1. The van der Waals surface area contributed by atoms with Gasteiger partial charge in [0.1, 0.15) is 11.9 Å². The molecule has 7 nitrogen and oxygen atoms in total. The van der Waals surface area contributed by atoms with Gasteiger partial charge in [-0.3, -0.25) is 14.6 Å². The lowest BCUT2D eigenvalue weighted by Crippen LogP contribution is -2.48. The Morgan fingerprint density at radius 1 is 1.22 bits per heavy atom. The summed E-state index contributed by atoms with van der Waals surface area (Å²) in [6.45, 7) is 2.95. The number of halogens is 1. The number of hydrogen-bond acceptors (Lipinski definition) is 5. The molecule has 1 N–H and O–H groups in total. The fraction of sp³-hybridized carbons (Fsp3) is 0.393. The summed E-state index contributed by atoms with van der Waals surface area (Å²) in [5, 5.41) is 2.97. The number of carbonyl (C=O) groups is 2. The Bertz CT molecular complexity index is 1190. The third kappa shape index (κ3) is 4.91. The van der Waals surface area contributed by atoms with Crippen molar-refractivity contribution in [2.45, 2.75) is 50.8 Å². The second-order valence-electron chi connectivity index (χ2n) is 9.62. The summed E-state index contributed by atoms with van der Waals surface area (Å²) in [4.78, 5) is 33.3. The summed E-state index contributed by atoms with van der Waals surface area (Å²) < 4.78 is 24.8. The van der Waals surface area contributed by atoms with Crippen LogP contribution in [0.2, 0.25) is 0 Å². The van der Waals surface area contributed by atoms with Crippen molar-refractivity contribution in [2.75, 3.05) is 13.2 Å². The van der Waals surface area contributed by atoms with Crippen molar-refractivity contribution in [2.24, 2.45) is 5.41 Å². The van der Waals surface area contributed by atoms with Crippen molar-refractivity contribution < 1.29 is 23.1 Å². The van der Waals surface area contributed by atoms with Gasteiger partial charge in [-0.15, -0.1) is 0 Å². The summed E-state index contributed by atoms with van der Waals surface area (Å²) in [5.74, 6) is -0.746. The molecule has 2 atom stereocenters. The number of pyridine rings is 1. The molecule has 2 aromatic heterocycles. The zero-order chi connectivity index (χ0) is 25.1. The van der Waals surface area contributed by atoms with Crippen LogP contribution < -0.4 is 5.32 Å². The molecule has 2 aliphatic rings. The molecule has 5 rings (SSSR count). The number of carbonyl (C=O) groups excluding carboxylic acids is 2. The SMILES string of the molecule is CCOC1CC2(C1)CC2N(C(=O)c1ccco1)C(C(=O)NCCc1cccc(F)c1)c1cccnc1. The second kappa shape index (κ2) is 10.2. The molecule has 2 fully saturated rings. The number of furan rings is 1. The molecule has 2 amide bonds. The minimum Gasteiger partial charge on any atom is -0.459 e. The first-order chi connectivity index (χ1) is 17.5. The highest BCUT2D eigenvalue weighted by Crippen LogP contribution is 2.64. The number of amides is 2. The van der Waals surface area contributed by atoms with Crippen LogP contribution in [-0.2, 0) is 16.0 Å². The predicted molar refractivity (Wildman–Crippen MR) is 130 cm³/mol. The van der Waals surface area contributed by atoms with Gasteiger partial charge >= 0.3 is 0 Å². The molecule has 3 aromatic rings. The Morgan fingerprint density at radius 3 is 2.78 bits per heavy atom. The molecule has 0 saturated heterocycles. The van der Waals surface area contributed by atoms with Crippen LogP contribution in [0, 0.1) is 11.2 Å². The van der Waals surface area contributed by atoms with E-state index in [1.165, 1.54) is 18.4 Å². The van der Waals surface area contributed by atoms with Gasteiger partial charge in [-0.1, -0.05) is 18.2 Å². The fourth-order valence-corrected chi connectivity index (χ4v) is 5.42. The number of benzene rings is 1. The lowest BCUT2D eigenvalue weighted by atomic mass is 9.77. The molecule has 2 aliphatic carbocycles. The second-order valence-corrected chi connectivity index (χ2v) is 9.62. The highest BCUT2D eigenvalue weighted by atomic mass is 19.1. The van der Waals surface area contributed by atoms with Crippen LogP contribution in [0.3, 0.4) is 0 Å². The van der Waals surface area contributed by atoms with Crippen LogP contribution in [0.5, 0.6) is 0 Å². The third-order valence-electron chi connectivity index (χ3n) is 7.25. The van der Waals surface area contributed by atoms with Crippen molar-refractivity contribution in [3.63, 3.8) is 0 Å². The van der Waals surface area contributed by atoms with Gasteiger partial charge in [0.2, 0.25) is 5.91 Å². The van der Waals surface area contributed by atoms with Crippen LogP contribution in [0.4, 0.5) is 4.39 Å². The first-order valence-electron chi connectivity index (χ1n) is 12.4. The van der Waals surface area contributed by atoms with Crippen LogP contribution in [0.25, 0.3) is 0 Å². The van der Waals surface area contributed by atoms with Crippen molar-refractivity contribution in [3.8, 4) is 0 Å². The largest absolute Gasteiger partial charge is 0.459 e. The molecule has 1 aromatic carbocycles. The Kier molecular flexibility index (Phi) is 6.87. The minimum atomic E-state index is -0.876. The molecule has 1 spiro atoms. The van der Waals surface area contributed by atoms with Gasteiger partial charge in [0.05, 0.1) is 12.4 Å². The Hall–Kier alpha value is -3.52. The number of nitrogens with one attached hydrogen (secondary N) is 1. The first-order valence-corrected chi connectivity index (χ1v) is 12.4. The van der Waals surface area contributed by atoms with Gasteiger partial charge in [-0.05, 0) is 73.9 Å². The van der Waals surface area contributed by atoms with E-state index in [1.807, 2.05) is 19.1 Å². The molecule has 2 saturated carbocycles. The first kappa shape index (κ1) is 24.2. The molecule has 36 heavy (non-hydrogen) atoms. The van der Waals surface area contributed by atoms with Gasteiger partial charge in [-0.25, -0.2) is 4.39 Å².